The van der Waals surface area contributed by atoms with Crippen molar-refractivity contribution < 1.29 is 0 Å². The van der Waals surface area contributed by atoms with Gasteiger partial charge in [0, 0.05) is 6.20 Å². The topological polar surface area (TPSA) is 49.6 Å². The van der Waals surface area contributed by atoms with E-state index in [4.69, 9.17) is 5.26 Å². The van der Waals surface area contributed by atoms with E-state index in [2.05, 4.69) is 21.8 Å². The highest BCUT2D eigenvalue weighted by atomic mass is 14.8. The summed E-state index contributed by atoms with van der Waals surface area (Å²) in [7, 11) is 0. The molecule has 1 aromatic rings. The van der Waals surface area contributed by atoms with E-state index in [0.717, 1.165) is 5.69 Å². The van der Waals surface area contributed by atoms with Gasteiger partial charge in [-0.2, -0.15) is 5.26 Å². The predicted molar refractivity (Wildman–Crippen MR) is 43.9 cm³/mol. The SMILES string of the molecule is Cc1cncc(C#CCC#N)n1. The molecule has 0 saturated heterocycles. The van der Waals surface area contributed by atoms with Crippen LogP contribution in [0.15, 0.2) is 12.4 Å². The van der Waals surface area contributed by atoms with Crippen molar-refractivity contribution >= 4 is 0 Å². The lowest BCUT2D eigenvalue weighted by Crippen LogP contribution is -1.87. The van der Waals surface area contributed by atoms with Crippen LogP contribution in [0, 0.1) is 30.1 Å². The first-order valence-corrected chi connectivity index (χ1v) is 3.47. The normalized spacial score (nSPS) is 8.00. The number of aryl methyl sites for hydroxylation is 1. The van der Waals surface area contributed by atoms with Gasteiger partial charge in [0.2, 0.25) is 0 Å². The van der Waals surface area contributed by atoms with Crippen LogP contribution in [0.2, 0.25) is 0 Å². The molecule has 0 aliphatic heterocycles. The second kappa shape index (κ2) is 4.10. The summed E-state index contributed by atoms with van der Waals surface area (Å²) in [5, 5.41) is 8.21. The third-order valence-electron chi connectivity index (χ3n) is 1.14. The van der Waals surface area contributed by atoms with Crippen LogP contribution < -0.4 is 0 Å². The third-order valence-corrected chi connectivity index (χ3v) is 1.14. The monoisotopic (exact) mass is 157 g/mol. The van der Waals surface area contributed by atoms with E-state index < -0.39 is 0 Å². The third kappa shape index (κ3) is 2.40. The largest absolute Gasteiger partial charge is 0.260 e. The maximum atomic E-state index is 8.21. The van der Waals surface area contributed by atoms with E-state index in [9.17, 15) is 0 Å². The molecular formula is C9H7N3. The van der Waals surface area contributed by atoms with E-state index in [0.29, 0.717) is 5.69 Å². The first kappa shape index (κ1) is 8.23. The fraction of sp³-hybridized carbons (Fsp3) is 0.222. The van der Waals surface area contributed by atoms with Crippen LogP contribution in [0.3, 0.4) is 0 Å². The molecule has 0 fully saturated rings. The molecule has 0 N–H and O–H groups in total. The van der Waals surface area contributed by atoms with Crippen LogP contribution in [0.1, 0.15) is 17.8 Å². The lowest BCUT2D eigenvalue weighted by molar-refractivity contribution is 1.10. The Kier molecular flexibility index (Phi) is 2.81. The lowest BCUT2D eigenvalue weighted by atomic mass is 10.4. The first-order chi connectivity index (χ1) is 5.83. The molecule has 0 aromatic carbocycles. The Morgan fingerprint density at radius 3 is 3.00 bits per heavy atom. The Hall–Kier alpha value is -1.87. The summed E-state index contributed by atoms with van der Waals surface area (Å²) in [6, 6.07) is 1.93. The second-order valence-corrected chi connectivity index (χ2v) is 2.18. The van der Waals surface area contributed by atoms with Crippen molar-refractivity contribution in [1.29, 1.82) is 5.26 Å². The average Bonchev–Trinajstić information content (AvgIpc) is 2.05. The van der Waals surface area contributed by atoms with Gasteiger partial charge in [0.15, 0.2) is 0 Å². The molecular weight excluding hydrogens is 150 g/mol. The van der Waals surface area contributed by atoms with Crippen molar-refractivity contribution in [3.8, 4) is 17.9 Å². The summed E-state index contributed by atoms with van der Waals surface area (Å²) in [6.07, 6.45) is 3.47. The molecule has 0 aliphatic rings. The zero-order valence-electron chi connectivity index (χ0n) is 6.70. The molecule has 3 nitrogen and oxygen atoms in total. The predicted octanol–water partition coefficient (Wildman–Crippen LogP) is 1.05. The summed E-state index contributed by atoms with van der Waals surface area (Å²) >= 11 is 0. The van der Waals surface area contributed by atoms with Crippen molar-refractivity contribution in [2.24, 2.45) is 0 Å². The highest BCUT2D eigenvalue weighted by molar-refractivity contribution is 5.26. The van der Waals surface area contributed by atoms with E-state index in [1.165, 1.54) is 0 Å². The van der Waals surface area contributed by atoms with Crippen molar-refractivity contribution in [2.45, 2.75) is 13.3 Å². The zero-order valence-corrected chi connectivity index (χ0v) is 6.70. The quantitative estimate of drug-likeness (QED) is 0.529. The van der Waals surface area contributed by atoms with Gasteiger partial charge in [0.1, 0.15) is 5.69 Å². The van der Waals surface area contributed by atoms with E-state index in [1.807, 2.05) is 13.0 Å². The highest BCUT2D eigenvalue weighted by Crippen LogP contribution is 1.91. The standard InChI is InChI=1S/C9H7N3/c1-8-6-11-7-9(12-8)4-2-3-5-10/h6-7H,3H2,1H3. The Bertz CT molecular complexity index is 365. The summed E-state index contributed by atoms with van der Waals surface area (Å²) in [4.78, 5) is 8.01. The number of aromatic nitrogens is 2. The van der Waals surface area contributed by atoms with Gasteiger partial charge < -0.3 is 0 Å². The number of hydrogen-bond donors (Lipinski definition) is 0. The van der Waals surface area contributed by atoms with Crippen molar-refractivity contribution in [3.63, 3.8) is 0 Å². The molecule has 0 amide bonds. The maximum absolute atomic E-state index is 8.21. The molecule has 1 rings (SSSR count). The van der Waals surface area contributed by atoms with E-state index in [1.54, 1.807) is 12.4 Å². The fourth-order valence-corrected chi connectivity index (χ4v) is 0.698. The van der Waals surface area contributed by atoms with E-state index in [-0.39, 0.29) is 6.42 Å². The molecule has 0 aliphatic carbocycles. The Morgan fingerprint density at radius 2 is 2.33 bits per heavy atom. The molecule has 1 heterocycles. The van der Waals surface area contributed by atoms with Gasteiger partial charge in [0.25, 0.3) is 0 Å². The van der Waals surface area contributed by atoms with Crippen molar-refractivity contribution in [1.82, 2.24) is 9.97 Å². The van der Waals surface area contributed by atoms with Crippen LogP contribution in [-0.4, -0.2) is 9.97 Å². The lowest BCUT2D eigenvalue weighted by Gasteiger charge is -1.89. The average molecular weight is 157 g/mol. The summed E-state index contributed by atoms with van der Waals surface area (Å²) in [5.74, 6) is 5.41. The van der Waals surface area contributed by atoms with E-state index >= 15 is 0 Å². The van der Waals surface area contributed by atoms with Crippen LogP contribution >= 0.6 is 0 Å². The second-order valence-electron chi connectivity index (χ2n) is 2.18. The molecule has 0 radical (unpaired) electrons. The van der Waals surface area contributed by atoms with Crippen LogP contribution in [0.5, 0.6) is 0 Å². The molecule has 0 unspecified atom stereocenters. The molecule has 0 saturated carbocycles. The summed E-state index contributed by atoms with van der Waals surface area (Å²) in [5.41, 5.74) is 1.45. The zero-order chi connectivity index (χ0) is 8.81. The maximum Gasteiger partial charge on any atom is 0.131 e. The molecule has 1 aromatic heterocycles. The Morgan fingerprint density at radius 1 is 1.50 bits per heavy atom. The molecule has 0 bridgehead atoms. The van der Waals surface area contributed by atoms with Gasteiger partial charge >= 0.3 is 0 Å². The Balaban J connectivity index is 2.79. The highest BCUT2D eigenvalue weighted by Gasteiger charge is 1.88. The van der Waals surface area contributed by atoms with Crippen molar-refractivity contribution in [2.75, 3.05) is 0 Å². The number of hydrogen-bond acceptors (Lipinski definition) is 3. The van der Waals surface area contributed by atoms with Crippen LogP contribution in [0.4, 0.5) is 0 Å². The minimum absolute atomic E-state index is 0.232. The molecule has 58 valence electrons. The number of rotatable bonds is 0. The van der Waals surface area contributed by atoms with Gasteiger partial charge in [-0.3, -0.25) is 4.98 Å². The summed E-state index contributed by atoms with van der Waals surface area (Å²) in [6.45, 7) is 1.85. The molecule has 0 atom stereocenters. The van der Waals surface area contributed by atoms with Crippen molar-refractivity contribution in [3.05, 3.63) is 23.8 Å². The Labute approximate surface area is 71.1 Å². The van der Waals surface area contributed by atoms with Crippen LogP contribution in [-0.2, 0) is 0 Å². The minimum atomic E-state index is 0.232. The first-order valence-electron chi connectivity index (χ1n) is 3.47. The number of nitriles is 1. The van der Waals surface area contributed by atoms with Gasteiger partial charge in [-0.1, -0.05) is 5.92 Å². The van der Waals surface area contributed by atoms with Gasteiger partial charge in [-0.25, -0.2) is 4.98 Å². The molecule has 12 heavy (non-hydrogen) atoms. The fourth-order valence-electron chi connectivity index (χ4n) is 0.698. The minimum Gasteiger partial charge on any atom is -0.260 e. The van der Waals surface area contributed by atoms with Gasteiger partial charge in [-0.15, -0.1) is 0 Å². The number of nitrogens with zero attached hydrogens (tertiary/aromatic N) is 3. The molecule has 3 heteroatoms. The van der Waals surface area contributed by atoms with Gasteiger partial charge in [0.05, 0.1) is 24.4 Å². The smallest absolute Gasteiger partial charge is 0.131 e. The van der Waals surface area contributed by atoms with Gasteiger partial charge in [-0.05, 0) is 12.8 Å². The summed E-state index contributed by atoms with van der Waals surface area (Å²) < 4.78 is 0. The van der Waals surface area contributed by atoms with Crippen LogP contribution in [0.25, 0.3) is 0 Å². The molecule has 0 spiro atoms.